The first-order valence-electron chi connectivity index (χ1n) is 6.31. The zero-order chi connectivity index (χ0) is 15.2. The van der Waals surface area contributed by atoms with Crippen LogP contribution in [0.3, 0.4) is 0 Å². The molecular weight excluding hydrogens is 276 g/mol. The highest BCUT2D eigenvalue weighted by atomic mass is 32.2. The number of hydrogen-bond acceptors (Lipinski definition) is 4. The maximum atomic E-state index is 11.5. The molecule has 0 aliphatic rings. The number of rotatable bonds is 4. The van der Waals surface area contributed by atoms with Crippen molar-refractivity contribution in [2.75, 3.05) is 12.4 Å². The zero-order valence-corrected chi connectivity index (χ0v) is 12.9. The van der Waals surface area contributed by atoms with E-state index < -0.39 is 10.0 Å². The monoisotopic (exact) mass is 296 g/mol. The Balaban J connectivity index is 0.000000956. The van der Waals surface area contributed by atoms with Gasteiger partial charge in [0.05, 0.1) is 4.90 Å². The first-order chi connectivity index (χ1) is 9.51. The van der Waals surface area contributed by atoms with E-state index in [1.54, 1.807) is 16.8 Å². The van der Waals surface area contributed by atoms with E-state index in [2.05, 4.69) is 15.1 Å². The predicted molar refractivity (Wildman–Crippen MR) is 80.5 cm³/mol. The molecule has 0 amide bonds. The summed E-state index contributed by atoms with van der Waals surface area (Å²) in [6, 6.07) is 8.30. The average molecular weight is 296 g/mol. The van der Waals surface area contributed by atoms with Gasteiger partial charge in [0.1, 0.15) is 0 Å². The van der Waals surface area contributed by atoms with E-state index in [-0.39, 0.29) is 4.90 Å². The molecule has 0 bridgehead atoms. The van der Waals surface area contributed by atoms with E-state index in [0.717, 1.165) is 5.69 Å². The van der Waals surface area contributed by atoms with Crippen LogP contribution in [-0.4, -0.2) is 25.2 Å². The van der Waals surface area contributed by atoms with Gasteiger partial charge >= 0.3 is 0 Å². The van der Waals surface area contributed by atoms with Gasteiger partial charge in [-0.1, -0.05) is 13.8 Å². The van der Waals surface area contributed by atoms with Crippen LogP contribution in [0.4, 0.5) is 11.5 Å². The van der Waals surface area contributed by atoms with Crippen molar-refractivity contribution in [1.29, 1.82) is 0 Å². The lowest BCUT2D eigenvalue weighted by Gasteiger charge is -2.05. The number of anilines is 2. The molecule has 6 nitrogen and oxygen atoms in total. The lowest BCUT2D eigenvalue weighted by Crippen LogP contribution is -2.18. The van der Waals surface area contributed by atoms with Crippen molar-refractivity contribution in [3.63, 3.8) is 0 Å². The molecule has 2 rings (SSSR count). The van der Waals surface area contributed by atoms with Crippen molar-refractivity contribution in [2.45, 2.75) is 18.7 Å². The second kappa shape index (κ2) is 7.06. The maximum absolute atomic E-state index is 11.5. The van der Waals surface area contributed by atoms with E-state index in [1.807, 2.05) is 33.2 Å². The molecule has 0 atom stereocenters. The van der Waals surface area contributed by atoms with Crippen LogP contribution in [0.2, 0.25) is 0 Å². The topological polar surface area (TPSA) is 76.0 Å². The van der Waals surface area contributed by atoms with Crippen LogP contribution < -0.4 is 10.0 Å². The second-order valence-electron chi connectivity index (χ2n) is 3.73. The van der Waals surface area contributed by atoms with Crippen molar-refractivity contribution < 1.29 is 8.42 Å². The Kier molecular flexibility index (Phi) is 5.72. The van der Waals surface area contributed by atoms with Gasteiger partial charge < -0.3 is 5.32 Å². The fourth-order valence-corrected chi connectivity index (χ4v) is 2.19. The molecule has 0 radical (unpaired) electrons. The summed E-state index contributed by atoms with van der Waals surface area (Å²) in [6.07, 6.45) is 1.82. The lowest BCUT2D eigenvalue weighted by molar-refractivity contribution is 0.588. The molecule has 0 aliphatic carbocycles. The van der Waals surface area contributed by atoms with E-state index in [9.17, 15) is 8.42 Å². The largest absolute Gasteiger partial charge is 0.339 e. The quantitative estimate of drug-likeness (QED) is 0.906. The fraction of sp³-hybridized carbons (Fsp3) is 0.308. The van der Waals surface area contributed by atoms with Gasteiger partial charge in [0.25, 0.3) is 0 Å². The van der Waals surface area contributed by atoms with Crippen LogP contribution in [0.5, 0.6) is 0 Å². The minimum Gasteiger partial charge on any atom is -0.339 e. The van der Waals surface area contributed by atoms with Gasteiger partial charge in [0, 0.05) is 25.0 Å². The smallest absolute Gasteiger partial charge is 0.240 e. The molecule has 7 heteroatoms. The second-order valence-corrected chi connectivity index (χ2v) is 5.62. The third-order valence-electron chi connectivity index (χ3n) is 2.42. The van der Waals surface area contributed by atoms with Gasteiger partial charge in [-0.15, -0.1) is 0 Å². The summed E-state index contributed by atoms with van der Waals surface area (Å²) in [5.74, 6) is 0.710. The Bertz CT molecular complexity index is 633. The molecule has 0 aliphatic heterocycles. The number of aromatic nitrogens is 2. The third kappa shape index (κ3) is 4.07. The molecule has 0 saturated heterocycles. The van der Waals surface area contributed by atoms with Crippen molar-refractivity contribution in [3.8, 4) is 0 Å². The molecular formula is C13H20N4O2S. The summed E-state index contributed by atoms with van der Waals surface area (Å²) in [6.45, 7) is 4.00. The standard InChI is InChI=1S/C11H14N4O2S.C2H6/c1-12-18(16,17)10-5-3-9(4-6-10)13-11-7-8-15(2)14-11;1-2/h3-8,12H,1-2H3,(H,13,14);1-2H3. The molecule has 0 unspecified atom stereocenters. The molecule has 1 aromatic carbocycles. The minimum atomic E-state index is -3.38. The summed E-state index contributed by atoms with van der Waals surface area (Å²) in [5, 5.41) is 7.24. The van der Waals surface area contributed by atoms with Gasteiger partial charge in [-0.2, -0.15) is 5.10 Å². The first-order valence-corrected chi connectivity index (χ1v) is 7.80. The zero-order valence-electron chi connectivity index (χ0n) is 12.1. The maximum Gasteiger partial charge on any atom is 0.240 e. The van der Waals surface area contributed by atoms with Crippen LogP contribution >= 0.6 is 0 Å². The average Bonchev–Trinajstić information content (AvgIpc) is 2.87. The minimum absolute atomic E-state index is 0.233. The molecule has 1 aromatic heterocycles. The summed E-state index contributed by atoms with van der Waals surface area (Å²) in [7, 11) is -0.170. The van der Waals surface area contributed by atoms with E-state index >= 15 is 0 Å². The molecule has 0 fully saturated rings. The highest BCUT2D eigenvalue weighted by molar-refractivity contribution is 7.89. The molecule has 0 spiro atoms. The van der Waals surface area contributed by atoms with Crippen molar-refractivity contribution in [1.82, 2.24) is 14.5 Å². The normalized spacial score (nSPS) is 10.6. The summed E-state index contributed by atoms with van der Waals surface area (Å²) >= 11 is 0. The highest BCUT2D eigenvalue weighted by Crippen LogP contribution is 2.17. The van der Waals surface area contributed by atoms with Gasteiger partial charge in [0.15, 0.2) is 5.82 Å². The Hall–Kier alpha value is -1.86. The van der Waals surface area contributed by atoms with Crippen LogP contribution in [0.15, 0.2) is 41.4 Å². The fourth-order valence-electron chi connectivity index (χ4n) is 1.46. The molecule has 1 heterocycles. The number of hydrogen-bond donors (Lipinski definition) is 2. The van der Waals surface area contributed by atoms with Gasteiger partial charge in [0.2, 0.25) is 10.0 Å². The molecule has 110 valence electrons. The SMILES string of the molecule is CC.CNS(=O)(=O)c1ccc(Nc2ccn(C)n2)cc1. The van der Waals surface area contributed by atoms with Gasteiger partial charge in [-0.3, -0.25) is 4.68 Å². The molecule has 2 N–H and O–H groups in total. The Morgan fingerprint density at radius 3 is 2.15 bits per heavy atom. The van der Waals surface area contributed by atoms with Crippen LogP contribution in [0.25, 0.3) is 0 Å². The first kappa shape index (κ1) is 16.2. The highest BCUT2D eigenvalue weighted by Gasteiger charge is 2.10. The Morgan fingerprint density at radius 1 is 1.10 bits per heavy atom. The Labute approximate surface area is 119 Å². The number of aryl methyl sites for hydroxylation is 1. The van der Waals surface area contributed by atoms with Crippen LogP contribution in [0.1, 0.15) is 13.8 Å². The molecule has 0 saturated carbocycles. The van der Waals surface area contributed by atoms with E-state index in [0.29, 0.717) is 5.82 Å². The number of benzene rings is 1. The van der Waals surface area contributed by atoms with E-state index in [1.165, 1.54) is 19.2 Å². The molecule has 20 heavy (non-hydrogen) atoms. The summed E-state index contributed by atoms with van der Waals surface area (Å²) in [5.41, 5.74) is 0.781. The predicted octanol–water partition coefficient (Wildman–Crippen LogP) is 2.10. The van der Waals surface area contributed by atoms with Crippen LogP contribution in [-0.2, 0) is 17.1 Å². The van der Waals surface area contributed by atoms with Crippen molar-refractivity contribution in [3.05, 3.63) is 36.5 Å². The van der Waals surface area contributed by atoms with Crippen molar-refractivity contribution >= 4 is 21.5 Å². The van der Waals surface area contributed by atoms with Crippen molar-refractivity contribution in [2.24, 2.45) is 7.05 Å². The lowest BCUT2D eigenvalue weighted by atomic mass is 10.3. The molecule has 2 aromatic rings. The van der Waals surface area contributed by atoms with Crippen LogP contribution in [0, 0.1) is 0 Å². The van der Waals surface area contributed by atoms with Gasteiger partial charge in [-0.25, -0.2) is 13.1 Å². The number of nitrogens with one attached hydrogen (secondary N) is 2. The number of nitrogens with zero attached hydrogens (tertiary/aromatic N) is 2. The van der Waals surface area contributed by atoms with E-state index in [4.69, 9.17) is 0 Å². The Morgan fingerprint density at radius 2 is 1.70 bits per heavy atom. The third-order valence-corrected chi connectivity index (χ3v) is 3.85. The van der Waals surface area contributed by atoms with Gasteiger partial charge in [-0.05, 0) is 31.3 Å². The summed E-state index contributed by atoms with van der Waals surface area (Å²) < 4.78 is 27.0. The summed E-state index contributed by atoms with van der Waals surface area (Å²) in [4.78, 5) is 0.233. The number of sulfonamides is 1.